The second kappa shape index (κ2) is 7.39. The predicted octanol–water partition coefficient (Wildman–Crippen LogP) is 4.59. The van der Waals surface area contributed by atoms with Crippen LogP contribution in [0.2, 0.25) is 0 Å². The molecule has 1 aromatic carbocycles. The molecule has 0 saturated heterocycles. The van der Waals surface area contributed by atoms with Crippen molar-refractivity contribution >= 4 is 21.4 Å². The lowest BCUT2D eigenvalue weighted by molar-refractivity contribution is 0.268. The van der Waals surface area contributed by atoms with Crippen LogP contribution in [-0.2, 0) is 0 Å². The summed E-state index contributed by atoms with van der Waals surface area (Å²) in [4.78, 5) is 3.88. The van der Waals surface area contributed by atoms with E-state index in [-0.39, 0.29) is 0 Å². The van der Waals surface area contributed by atoms with Crippen LogP contribution in [0, 0.1) is 6.92 Å². The van der Waals surface area contributed by atoms with Gasteiger partial charge in [-0.2, -0.15) is 0 Å². The molecule has 2 nitrogen and oxygen atoms in total. The molecule has 2 aromatic rings. The molecule has 21 heavy (non-hydrogen) atoms. The number of rotatable bonds is 7. The van der Waals surface area contributed by atoms with E-state index in [1.807, 2.05) is 11.3 Å². The number of nitrogens with zero attached hydrogens (tertiary/aromatic N) is 1. The van der Waals surface area contributed by atoms with Gasteiger partial charge in [-0.25, -0.2) is 0 Å². The summed E-state index contributed by atoms with van der Waals surface area (Å²) in [7, 11) is 2.20. The number of hydrogen-bond acceptors (Lipinski definition) is 3. The molecule has 0 aliphatic carbocycles. The zero-order chi connectivity index (χ0) is 15.4. The molecule has 1 heterocycles. The lowest BCUT2D eigenvalue weighted by Gasteiger charge is -2.21. The fourth-order valence-electron chi connectivity index (χ4n) is 2.60. The normalized spacial score (nSPS) is 13.5. The van der Waals surface area contributed by atoms with E-state index in [2.05, 4.69) is 69.2 Å². The highest BCUT2D eigenvalue weighted by Crippen LogP contribution is 2.34. The Bertz CT molecular complexity index is 574. The molecule has 1 unspecified atom stereocenters. The lowest BCUT2D eigenvalue weighted by atomic mass is 10.1. The maximum absolute atomic E-state index is 3.68. The van der Waals surface area contributed by atoms with Crippen LogP contribution in [0.25, 0.3) is 10.1 Å². The van der Waals surface area contributed by atoms with Crippen LogP contribution in [0.1, 0.15) is 43.7 Å². The summed E-state index contributed by atoms with van der Waals surface area (Å²) in [5.74, 6) is 0. The minimum atomic E-state index is 0.437. The SMILES string of the molecule is Cc1c(C(C)NCCCN(C)C(C)C)sc2ccccc12. The Morgan fingerprint density at radius 3 is 2.57 bits per heavy atom. The molecule has 0 spiro atoms. The van der Waals surface area contributed by atoms with Crippen molar-refractivity contribution < 1.29 is 0 Å². The van der Waals surface area contributed by atoms with Crippen LogP contribution < -0.4 is 5.32 Å². The van der Waals surface area contributed by atoms with Crippen LogP contribution >= 0.6 is 11.3 Å². The zero-order valence-electron chi connectivity index (χ0n) is 13.9. The highest BCUT2D eigenvalue weighted by atomic mass is 32.1. The molecule has 0 radical (unpaired) electrons. The molecule has 0 bridgehead atoms. The molecule has 1 atom stereocenters. The average Bonchev–Trinajstić information content (AvgIpc) is 2.81. The van der Waals surface area contributed by atoms with E-state index in [0.29, 0.717) is 12.1 Å². The fraction of sp³-hybridized carbons (Fsp3) is 0.556. The van der Waals surface area contributed by atoms with E-state index < -0.39 is 0 Å². The Labute approximate surface area is 133 Å². The van der Waals surface area contributed by atoms with E-state index in [4.69, 9.17) is 0 Å². The second-order valence-corrected chi connectivity index (χ2v) is 7.27. The molecule has 0 aliphatic rings. The molecule has 0 amide bonds. The standard InChI is InChI=1S/C18H28N2S/c1-13(2)20(5)12-8-11-19-15(4)18-14(3)16-9-6-7-10-17(16)21-18/h6-7,9-10,13,15,19H,8,11-12H2,1-5H3. The van der Waals surface area contributed by atoms with Gasteiger partial charge in [0.1, 0.15) is 0 Å². The molecule has 3 heteroatoms. The smallest absolute Gasteiger partial charge is 0.0389 e. The summed E-state index contributed by atoms with van der Waals surface area (Å²) >= 11 is 1.93. The predicted molar refractivity (Wildman–Crippen MR) is 95.4 cm³/mol. The number of aryl methyl sites for hydroxylation is 1. The largest absolute Gasteiger partial charge is 0.309 e. The molecule has 0 saturated carbocycles. The third-order valence-corrected chi connectivity index (χ3v) is 5.75. The Morgan fingerprint density at radius 1 is 1.19 bits per heavy atom. The third-order valence-electron chi connectivity index (χ3n) is 4.29. The monoisotopic (exact) mass is 304 g/mol. The van der Waals surface area contributed by atoms with Crippen LogP contribution in [0.4, 0.5) is 0 Å². The number of thiophene rings is 1. The number of fused-ring (bicyclic) bond motifs is 1. The van der Waals surface area contributed by atoms with Gasteiger partial charge in [0.2, 0.25) is 0 Å². The Morgan fingerprint density at radius 2 is 1.90 bits per heavy atom. The molecule has 0 aliphatic heterocycles. The van der Waals surface area contributed by atoms with E-state index in [1.165, 1.54) is 26.9 Å². The van der Waals surface area contributed by atoms with E-state index in [0.717, 1.165) is 13.1 Å². The first-order valence-corrected chi connectivity index (χ1v) is 8.74. The molecule has 2 rings (SSSR count). The minimum absolute atomic E-state index is 0.437. The van der Waals surface area contributed by atoms with Crippen molar-refractivity contribution in [2.75, 3.05) is 20.1 Å². The quantitative estimate of drug-likeness (QED) is 0.753. The van der Waals surface area contributed by atoms with Crippen LogP contribution in [0.5, 0.6) is 0 Å². The van der Waals surface area contributed by atoms with Gasteiger partial charge in [-0.05, 0) is 71.3 Å². The summed E-state index contributed by atoms with van der Waals surface area (Å²) in [5.41, 5.74) is 1.44. The van der Waals surface area contributed by atoms with Gasteiger partial charge in [0, 0.05) is 21.7 Å². The summed E-state index contributed by atoms with van der Waals surface area (Å²) < 4.78 is 1.40. The number of hydrogen-bond donors (Lipinski definition) is 1. The van der Waals surface area contributed by atoms with Gasteiger partial charge in [0.25, 0.3) is 0 Å². The molecule has 0 fully saturated rings. The Hall–Kier alpha value is -0.900. The molecule has 1 aromatic heterocycles. The van der Waals surface area contributed by atoms with Crippen molar-refractivity contribution in [2.24, 2.45) is 0 Å². The molecule has 116 valence electrons. The summed E-state index contributed by atoms with van der Waals surface area (Å²) in [6.07, 6.45) is 1.20. The number of benzene rings is 1. The maximum Gasteiger partial charge on any atom is 0.0389 e. The highest BCUT2D eigenvalue weighted by molar-refractivity contribution is 7.19. The maximum atomic E-state index is 3.68. The minimum Gasteiger partial charge on any atom is -0.309 e. The van der Waals surface area contributed by atoms with Gasteiger partial charge >= 0.3 is 0 Å². The van der Waals surface area contributed by atoms with E-state index in [1.54, 1.807) is 0 Å². The first-order valence-electron chi connectivity index (χ1n) is 7.92. The van der Waals surface area contributed by atoms with Crippen molar-refractivity contribution in [2.45, 2.75) is 46.2 Å². The first-order chi connectivity index (χ1) is 10.0. The van der Waals surface area contributed by atoms with E-state index >= 15 is 0 Å². The summed E-state index contributed by atoms with van der Waals surface area (Å²) in [5, 5.41) is 5.09. The summed E-state index contributed by atoms with van der Waals surface area (Å²) in [6, 6.07) is 9.78. The topological polar surface area (TPSA) is 15.3 Å². The molecular formula is C18H28N2S. The van der Waals surface area contributed by atoms with Gasteiger partial charge in [-0.15, -0.1) is 11.3 Å². The average molecular weight is 305 g/mol. The van der Waals surface area contributed by atoms with E-state index in [9.17, 15) is 0 Å². The van der Waals surface area contributed by atoms with Crippen molar-refractivity contribution in [1.29, 1.82) is 0 Å². The van der Waals surface area contributed by atoms with Gasteiger partial charge in [-0.1, -0.05) is 18.2 Å². The van der Waals surface area contributed by atoms with Crippen molar-refractivity contribution in [3.63, 3.8) is 0 Å². The Kier molecular flexibility index (Phi) is 5.80. The number of nitrogens with one attached hydrogen (secondary N) is 1. The van der Waals surface area contributed by atoms with Gasteiger partial charge in [0.05, 0.1) is 0 Å². The van der Waals surface area contributed by atoms with Gasteiger partial charge in [-0.3, -0.25) is 0 Å². The van der Waals surface area contributed by atoms with Gasteiger partial charge < -0.3 is 10.2 Å². The lowest BCUT2D eigenvalue weighted by Crippen LogP contribution is -2.30. The van der Waals surface area contributed by atoms with Gasteiger partial charge in [0.15, 0.2) is 0 Å². The van der Waals surface area contributed by atoms with Crippen molar-refractivity contribution in [1.82, 2.24) is 10.2 Å². The molecule has 1 N–H and O–H groups in total. The van der Waals surface area contributed by atoms with Crippen molar-refractivity contribution in [3.8, 4) is 0 Å². The van der Waals surface area contributed by atoms with Crippen molar-refractivity contribution in [3.05, 3.63) is 34.7 Å². The van der Waals surface area contributed by atoms with Crippen LogP contribution in [-0.4, -0.2) is 31.1 Å². The first kappa shape index (κ1) is 16.5. The molecular weight excluding hydrogens is 276 g/mol. The third kappa shape index (κ3) is 4.06. The zero-order valence-corrected chi connectivity index (χ0v) is 14.8. The van der Waals surface area contributed by atoms with Crippen LogP contribution in [0.15, 0.2) is 24.3 Å². The van der Waals surface area contributed by atoms with Crippen LogP contribution in [0.3, 0.4) is 0 Å². The Balaban J connectivity index is 1.90. The summed E-state index contributed by atoms with van der Waals surface area (Å²) in [6.45, 7) is 11.3. The highest BCUT2D eigenvalue weighted by Gasteiger charge is 2.13. The fourth-order valence-corrected chi connectivity index (χ4v) is 3.84. The second-order valence-electron chi connectivity index (χ2n) is 6.19.